The molecule has 1 aromatic heterocycles. The highest BCUT2D eigenvalue weighted by molar-refractivity contribution is 6.08. The Morgan fingerprint density at radius 1 is 0.471 bits per heavy atom. The van der Waals surface area contributed by atoms with Gasteiger partial charge in [0.05, 0.1) is 0 Å². The van der Waals surface area contributed by atoms with E-state index in [1.54, 1.807) is 12.1 Å². The number of halogens is 2. The van der Waals surface area contributed by atoms with Gasteiger partial charge in [0, 0.05) is 38.9 Å². The van der Waals surface area contributed by atoms with E-state index in [0.717, 1.165) is 27.8 Å². The number of nitrogens with zero attached hydrogens (tertiary/aromatic N) is 1. The summed E-state index contributed by atoms with van der Waals surface area (Å²) in [6.45, 7) is 0. The van der Waals surface area contributed by atoms with Gasteiger partial charge in [-0.25, -0.2) is 8.78 Å². The molecular weight excluding hydrogens is 426 g/mol. The summed E-state index contributed by atoms with van der Waals surface area (Å²) in [5.74, 6) is -0.690. The number of hydrogen-bond donors (Lipinski definition) is 1. The summed E-state index contributed by atoms with van der Waals surface area (Å²) >= 11 is 0. The first-order chi connectivity index (χ1) is 16.7. The fourth-order valence-electron chi connectivity index (χ4n) is 4.51. The maximum Gasteiger partial charge on any atom is 0.125 e. The van der Waals surface area contributed by atoms with Gasteiger partial charge in [-0.2, -0.15) is 0 Å². The first kappa shape index (κ1) is 20.2. The van der Waals surface area contributed by atoms with E-state index >= 15 is 0 Å². The van der Waals surface area contributed by atoms with Crippen molar-refractivity contribution in [2.24, 2.45) is 0 Å². The van der Waals surface area contributed by atoms with Gasteiger partial charge in [-0.15, -0.1) is 0 Å². The number of H-pyrrole nitrogens is 1. The average molecular weight is 447 g/mol. The largest absolute Gasteiger partial charge is 0.355 e. The normalized spacial score (nSPS) is 11.2. The predicted octanol–water partition coefficient (Wildman–Crippen LogP) is 8.74. The standard InChI is InChI=1S/C30H20F2N2/c31-22-5-3-7-25(18-22)34(26-8-4-6-23(32)19-26)24-14-11-20(12-15-24)21-13-16-30-28(17-21)27-9-1-2-10-29(27)33-30/h1-19,33H. The van der Waals surface area contributed by atoms with Gasteiger partial charge in [-0.1, -0.05) is 48.5 Å². The Morgan fingerprint density at radius 2 is 1.09 bits per heavy atom. The van der Waals surface area contributed by atoms with E-state index in [0.29, 0.717) is 11.4 Å². The second kappa shape index (κ2) is 8.16. The van der Waals surface area contributed by atoms with Gasteiger partial charge >= 0.3 is 0 Å². The summed E-state index contributed by atoms with van der Waals surface area (Å²) in [5.41, 5.74) is 6.45. The van der Waals surface area contributed by atoms with Crippen LogP contribution in [0.1, 0.15) is 0 Å². The number of aromatic nitrogens is 1. The number of aromatic amines is 1. The summed E-state index contributed by atoms with van der Waals surface area (Å²) in [6.07, 6.45) is 0. The number of para-hydroxylation sites is 1. The Labute approximate surface area is 195 Å². The van der Waals surface area contributed by atoms with Crippen LogP contribution in [0.3, 0.4) is 0 Å². The van der Waals surface area contributed by atoms with Gasteiger partial charge in [-0.05, 0) is 77.9 Å². The summed E-state index contributed by atoms with van der Waals surface area (Å²) in [6, 6.07) is 35.3. The van der Waals surface area contributed by atoms with E-state index in [1.807, 2.05) is 53.4 Å². The van der Waals surface area contributed by atoms with Crippen LogP contribution < -0.4 is 4.90 Å². The summed E-state index contributed by atoms with van der Waals surface area (Å²) in [7, 11) is 0. The van der Waals surface area contributed by atoms with E-state index in [1.165, 1.54) is 35.0 Å². The zero-order valence-corrected chi connectivity index (χ0v) is 18.2. The molecule has 0 amide bonds. The molecule has 0 saturated carbocycles. The Balaban J connectivity index is 1.42. The van der Waals surface area contributed by atoms with Crippen molar-refractivity contribution in [3.05, 3.63) is 127 Å². The maximum absolute atomic E-state index is 14.0. The zero-order chi connectivity index (χ0) is 23.1. The third-order valence-electron chi connectivity index (χ3n) is 6.10. The quantitative estimate of drug-likeness (QED) is 0.287. The molecule has 0 atom stereocenters. The van der Waals surface area contributed by atoms with Crippen LogP contribution in [0.25, 0.3) is 32.9 Å². The Hall–Kier alpha value is -4.44. The van der Waals surface area contributed by atoms with Gasteiger partial charge < -0.3 is 9.88 Å². The van der Waals surface area contributed by atoms with E-state index < -0.39 is 0 Å². The van der Waals surface area contributed by atoms with Crippen LogP contribution in [0.5, 0.6) is 0 Å². The molecule has 1 heterocycles. The molecule has 6 aromatic rings. The maximum atomic E-state index is 14.0. The van der Waals surface area contributed by atoms with Crippen LogP contribution in [0.4, 0.5) is 25.8 Å². The number of anilines is 3. The van der Waals surface area contributed by atoms with Gasteiger partial charge in [0.25, 0.3) is 0 Å². The highest BCUT2D eigenvalue weighted by atomic mass is 19.1. The van der Waals surface area contributed by atoms with Crippen LogP contribution in [0.2, 0.25) is 0 Å². The van der Waals surface area contributed by atoms with Crippen molar-refractivity contribution >= 4 is 38.9 Å². The molecular formula is C30H20F2N2. The molecule has 0 spiro atoms. The summed E-state index contributed by atoms with van der Waals surface area (Å²) < 4.78 is 28.1. The lowest BCUT2D eigenvalue weighted by molar-refractivity contribution is 0.627. The first-order valence-corrected chi connectivity index (χ1v) is 11.1. The molecule has 0 unspecified atom stereocenters. The second-order valence-electron chi connectivity index (χ2n) is 8.27. The third kappa shape index (κ3) is 3.59. The number of nitrogens with one attached hydrogen (secondary N) is 1. The molecule has 0 fully saturated rings. The second-order valence-corrected chi connectivity index (χ2v) is 8.27. The molecule has 2 nitrogen and oxygen atoms in total. The van der Waals surface area contributed by atoms with Crippen molar-refractivity contribution in [3.8, 4) is 11.1 Å². The Morgan fingerprint density at radius 3 is 1.76 bits per heavy atom. The van der Waals surface area contributed by atoms with Crippen LogP contribution >= 0.6 is 0 Å². The smallest absolute Gasteiger partial charge is 0.125 e. The molecule has 0 radical (unpaired) electrons. The van der Waals surface area contributed by atoms with Gasteiger partial charge in [-0.3, -0.25) is 0 Å². The van der Waals surface area contributed by atoms with Crippen molar-refractivity contribution in [1.82, 2.24) is 4.98 Å². The average Bonchev–Trinajstić information content (AvgIpc) is 3.23. The zero-order valence-electron chi connectivity index (χ0n) is 18.2. The molecule has 0 aliphatic rings. The molecule has 4 heteroatoms. The molecule has 0 bridgehead atoms. The number of benzene rings is 5. The molecule has 164 valence electrons. The molecule has 0 saturated heterocycles. The Bertz CT molecular complexity index is 1590. The number of hydrogen-bond acceptors (Lipinski definition) is 1. The van der Waals surface area contributed by atoms with Crippen molar-refractivity contribution in [3.63, 3.8) is 0 Å². The molecule has 1 N–H and O–H groups in total. The summed E-state index contributed by atoms with van der Waals surface area (Å²) in [5, 5.41) is 2.37. The first-order valence-electron chi connectivity index (χ1n) is 11.1. The number of fused-ring (bicyclic) bond motifs is 3. The van der Waals surface area contributed by atoms with E-state index in [4.69, 9.17) is 0 Å². The number of rotatable bonds is 4. The van der Waals surface area contributed by atoms with E-state index in [2.05, 4.69) is 35.3 Å². The molecule has 34 heavy (non-hydrogen) atoms. The fraction of sp³-hybridized carbons (Fsp3) is 0. The van der Waals surface area contributed by atoms with Gasteiger partial charge in [0.15, 0.2) is 0 Å². The van der Waals surface area contributed by atoms with Crippen LogP contribution in [-0.4, -0.2) is 4.98 Å². The Kier molecular flexibility index (Phi) is 4.84. The molecule has 5 aromatic carbocycles. The van der Waals surface area contributed by atoms with E-state index in [9.17, 15) is 8.78 Å². The third-order valence-corrected chi connectivity index (χ3v) is 6.10. The lowest BCUT2D eigenvalue weighted by Crippen LogP contribution is -2.10. The van der Waals surface area contributed by atoms with Crippen molar-refractivity contribution in [2.75, 3.05) is 4.90 Å². The SMILES string of the molecule is Fc1cccc(N(c2ccc(-c3ccc4[nH]c5ccccc5c4c3)cc2)c2cccc(F)c2)c1. The van der Waals surface area contributed by atoms with Gasteiger partial charge in [0.1, 0.15) is 11.6 Å². The topological polar surface area (TPSA) is 19.0 Å². The lowest BCUT2D eigenvalue weighted by Gasteiger charge is -2.25. The minimum atomic E-state index is -0.345. The fourth-order valence-corrected chi connectivity index (χ4v) is 4.51. The monoisotopic (exact) mass is 446 g/mol. The van der Waals surface area contributed by atoms with Crippen LogP contribution in [0.15, 0.2) is 115 Å². The van der Waals surface area contributed by atoms with Crippen LogP contribution in [-0.2, 0) is 0 Å². The highest BCUT2D eigenvalue weighted by Crippen LogP contribution is 2.37. The minimum absolute atomic E-state index is 0.345. The predicted molar refractivity (Wildman–Crippen MR) is 136 cm³/mol. The van der Waals surface area contributed by atoms with Crippen molar-refractivity contribution in [1.29, 1.82) is 0 Å². The highest BCUT2D eigenvalue weighted by Gasteiger charge is 2.14. The molecule has 0 aliphatic carbocycles. The summed E-state index contributed by atoms with van der Waals surface area (Å²) in [4.78, 5) is 5.30. The minimum Gasteiger partial charge on any atom is -0.355 e. The van der Waals surface area contributed by atoms with Crippen molar-refractivity contribution < 1.29 is 8.78 Å². The van der Waals surface area contributed by atoms with Crippen molar-refractivity contribution in [2.45, 2.75) is 0 Å². The van der Waals surface area contributed by atoms with Gasteiger partial charge in [0.2, 0.25) is 0 Å². The molecule has 0 aliphatic heterocycles. The lowest BCUT2D eigenvalue weighted by atomic mass is 10.0. The van der Waals surface area contributed by atoms with E-state index in [-0.39, 0.29) is 11.6 Å². The molecule has 6 rings (SSSR count). The van der Waals surface area contributed by atoms with Crippen LogP contribution in [0, 0.1) is 11.6 Å².